The molecule has 0 aliphatic carbocycles. The standard InChI is InChI=1S/C30H49N5O3.C28H46N6O3.C28H45N5O3/c1-4-5-6-7-8-9-10-11-12-13-14-15-16-17-18-19-21-24-27(36)25-22-20-23-26-38-30(37)34-28(31)33-29(32)35(2)3;1-4-5-6-7-8-9-10-11-12-13-14-15-16-17-18-19-20-22-25(35)31-23-21-24-37-28(36)33-26(29)32-27(30)34(2)3;1-4-5-6-7-8-9-10-11-12-13-14-15-16-17-18-19-20-22-25(34)23-21-24-36-28(35)32-26(29)31-27(30)33(2)3/h5-6,8-9,11-12,14-15,17-18H,4,7,10,13,16,19-26H2,1-3H3,(H4,31,32,33,34,37);5-6,8-9,11-12,14-15,17-18H,4,7,10,13,16,19-24H2,1-3H3,(H,31,35)(H4,29,30,32,33,36);5-6,8-9,11-12,14-15,17-18H,4,7,10,13,16,19-24H2,1-3H3,(H4,29,30,31,32,35)/b3*6-5-,9-8-,12-11-,15-14-,18-17-. The second kappa shape index (κ2) is 80.6. The van der Waals surface area contributed by atoms with E-state index in [2.05, 4.69) is 239 Å². The summed E-state index contributed by atoms with van der Waals surface area (Å²) in [5.41, 5.74) is 16.6. The van der Waals surface area contributed by atoms with E-state index in [4.69, 9.17) is 47.6 Å². The van der Waals surface area contributed by atoms with Gasteiger partial charge in [0.05, 0.1) is 19.8 Å². The van der Waals surface area contributed by atoms with Crippen molar-refractivity contribution in [2.24, 2.45) is 32.2 Å². The van der Waals surface area contributed by atoms with Crippen LogP contribution in [0.15, 0.2) is 197 Å². The Morgan fingerprint density at radius 3 is 0.820 bits per heavy atom. The quantitative estimate of drug-likeness (QED) is 0.00889. The summed E-state index contributed by atoms with van der Waals surface area (Å²) in [7, 11) is 9.84. The number of hydrogen-bond acceptors (Lipinski definition) is 12. The normalized spacial score (nSPS) is 12.4. The SMILES string of the molecule is CC/C=C\C/C=C\C/C=C\C/C=C\C/C=C\CCCC(=O)CCCCCOC(=O)NC(N)=NC(=N)N(C)C.CC/C=C\C/C=C\C/C=C\C/C=C\C/C=C\CCCC(=O)CCCOC(=O)NC(N)=NC(=N)N(C)C.CC/C=C\C/C=C\C/C=C\C/C=C\C/C=C\CCCC(=O)NCCCOC(=O)NC(N)=NC(=N)N(C)C. The number of allylic oxidation sites excluding steroid dienone is 30. The maximum absolute atomic E-state index is 12.0. The van der Waals surface area contributed by atoms with Crippen molar-refractivity contribution in [2.45, 2.75) is 220 Å². The molecule has 0 bridgehead atoms. The van der Waals surface area contributed by atoms with Gasteiger partial charge in [-0.05, 0) is 167 Å². The summed E-state index contributed by atoms with van der Waals surface area (Å²) >= 11 is 0. The molecule has 4 amide bonds. The number of carbonyl (C=O) groups is 6. The first-order valence-electron chi connectivity index (χ1n) is 39.3. The van der Waals surface area contributed by atoms with Crippen molar-refractivity contribution in [1.29, 1.82) is 16.2 Å². The van der Waals surface area contributed by atoms with Crippen LogP contribution in [-0.4, -0.2) is 155 Å². The predicted molar refractivity (Wildman–Crippen MR) is 463 cm³/mol. The van der Waals surface area contributed by atoms with E-state index in [-0.39, 0.29) is 73.1 Å². The molecule has 0 heterocycles. The highest BCUT2D eigenvalue weighted by molar-refractivity contribution is 6.01. The molecule has 618 valence electrons. The van der Waals surface area contributed by atoms with Crippen LogP contribution >= 0.6 is 0 Å². The summed E-state index contributed by atoms with van der Waals surface area (Å²) in [5, 5.41) is 32.1. The van der Waals surface area contributed by atoms with Crippen LogP contribution in [0.25, 0.3) is 0 Å². The molecular weight excluding hydrogens is 1400 g/mol. The van der Waals surface area contributed by atoms with Crippen molar-refractivity contribution in [3.05, 3.63) is 182 Å². The van der Waals surface area contributed by atoms with Gasteiger partial charge in [-0.15, -0.1) is 0 Å². The Kier molecular flexibility index (Phi) is 76.0. The van der Waals surface area contributed by atoms with Crippen LogP contribution in [-0.2, 0) is 28.6 Å². The summed E-state index contributed by atoms with van der Waals surface area (Å²) in [6, 6.07) is 0. The number of hydrogen-bond donors (Lipinski definition) is 10. The first-order chi connectivity index (χ1) is 53.6. The summed E-state index contributed by atoms with van der Waals surface area (Å²) in [6.07, 6.45) is 88.6. The van der Waals surface area contributed by atoms with Gasteiger partial charge in [-0.25, -0.2) is 14.4 Å². The van der Waals surface area contributed by atoms with Gasteiger partial charge >= 0.3 is 18.3 Å². The Hall–Kier alpha value is -10.5. The number of aliphatic imine (C=N–C) groups is 3. The average Bonchev–Trinajstić information content (AvgIpc) is 0.967. The van der Waals surface area contributed by atoms with Gasteiger partial charge in [-0.3, -0.25) is 46.6 Å². The molecular formula is C86H140N16O9. The van der Waals surface area contributed by atoms with Crippen molar-refractivity contribution < 1.29 is 43.0 Å². The minimum Gasteiger partial charge on any atom is -0.449 e. The zero-order valence-corrected chi connectivity index (χ0v) is 68.7. The number of nitrogens with two attached hydrogens (primary N) is 3. The van der Waals surface area contributed by atoms with E-state index >= 15 is 0 Å². The molecule has 0 atom stereocenters. The third-order valence-electron chi connectivity index (χ3n) is 14.6. The first-order valence-corrected chi connectivity index (χ1v) is 39.3. The van der Waals surface area contributed by atoms with Gasteiger partial charge < -0.3 is 51.4 Å². The second-order valence-electron chi connectivity index (χ2n) is 25.4. The van der Waals surface area contributed by atoms with Crippen molar-refractivity contribution in [3.8, 4) is 0 Å². The van der Waals surface area contributed by atoms with E-state index in [0.717, 1.165) is 148 Å². The van der Waals surface area contributed by atoms with Crippen molar-refractivity contribution in [2.75, 3.05) is 68.7 Å². The number of Topliss-reactive ketones (excluding diaryl/α,β-unsaturated/α-hetero) is 2. The number of carbonyl (C=O) groups excluding carboxylic acids is 6. The molecule has 0 spiro atoms. The number of ketones is 2. The predicted octanol–water partition coefficient (Wildman–Crippen LogP) is 17.3. The molecule has 0 saturated heterocycles. The van der Waals surface area contributed by atoms with Gasteiger partial charge in [-0.1, -0.05) is 203 Å². The van der Waals surface area contributed by atoms with Crippen molar-refractivity contribution in [3.63, 3.8) is 0 Å². The number of amides is 4. The molecule has 0 aliphatic heterocycles. The molecule has 0 rings (SSSR count). The lowest BCUT2D eigenvalue weighted by Gasteiger charge is -2.10. The molecule has 0 aliphatic rings. The van der Waals surface area contributed by atoms with Crippen LogP contribution in [0.4, 0.5) is 14.4 Å². The lowest BCUT2D eigenvalue weighted by Crippen LogP contribution is -2.39. The van der Waals surface area contributed by atoms with E-state index in [0.29, 0.717) is 57.9 Å². The molecule has 25 heteroatoms. The molecule has 111 heavy (non-hydrogen) atoms. The maximum Gasteiger partial charge on any atom is 0.413 e. The molecule has 25 nitrogen and oxygen atoms in total. The van der Waals surface area contributed by atoms with Crippen LogP contribution in [0, 0.1) is 16.2 Å². The highest BCUT2D eigenvalue weighted by atomic mass is 16.6. The number of alkyl carbamates (subject to hydrolysis) is 3. The van der Waals surface area contributed by atoms with E-state index in [1.807, 2.05) is 0 Å². The summed E-state index contributed by atoms with van der Waals surface area (Å²) in [4.78, 5) is 86.1. The van der Waals surface area contributed by atoms with Crippen LogP contribution in [0.2, 0.25) is 0 Å². The number of nitrogens with one attached hydrogen (secondary N) is 7. The van der Waals surface area contributed by atoms with Crippen molar-refractivity contribution >= 4 is 71.5 Å². The molecule has 0 aromatic carbocycles. The lowest BCUT2D eigenvalue weighted by molar-refractivity contribution is -0.121. The van der Waals surface area contributed by atoms with Gasteiger partial charge in [0.25, 0.3) is 0 Å². The van der Waals surface area contributed by atoms with Crippen LogP contribution < -0.4 is 38.5 Å². The van der Waals surface area contributed by atoms with Crippen LogP contribution in [0.3, 0.4) is 0 Å². The molecule has 0 fully saturated rings. The van der Waals surface area contributed by atoms with Gasteiger partial charge in [-0.2, -0.15) is 15.0 Å². The van der Waals surface area contributed by atoms with Gasteiger partial charge in [0.2, 0.25) is 41.7 Å². The fourth-order valence-electron chi connectivity index (χ4n) is 8.47. The molecule has 0 aromatic rings. The monoisotopic (exact) mass is 1540 g/mol. The van der Waals surface area contributed by atoms with Gasteiger partial charge in [0.1, 0.15) is 11.6 Å². The smallest absolute Gasteiger partial charge is 0.413 e. The minimum atomic E-state index is -0.756. The van der Waals surface area contributed by atoms with Crippen LogP contribution in [0.5, 0.6) is 0 Å². The average molecular weight is 1540 g/mol. The Bertz CT molecular complexity index is 3120. The van der Waals surface area contributed by atoms with E-state index in [9.17, 15) is 28.8 Å². The topological polar surface area (TPSA) is 375 Å². The number of guanidine groups is 6. The Balaban J connectivity index is -0.00000158. The minimum absolute atomic E-state index is 0.0182. The number of unbranched alkanes of at least 4 members (excludes halogenated alkanes) is 5. The van der Waals surface area contributed by atoms with E-state index < -0.39 is 18.3 Å². The summed E-state index contributed by atoms with van der Waals surface area (Å²) in [6.45, 7) is 7.33. The highest BCUT2D eigenvalue weighted by Gasteiger charge is 2.10. The molecule has 0 unspecified atom stereocenters. The Morgan fingerprint density at radius 2 is 0.541 bits per heavy atom. The fourth-order valence-corrected chi connectivity index (χ4v) is 8.47. The molecule has 13 N–H and O–H groups in total. The third kappa shape index (κ3) is 83.4. The highest BCUT2D eigenvalue weighted by Crippen LogP contribution is 2.09. The number of ether oxygens (including phenoxy) is 3. The van der Waals surface area contributed by atoms with E-state index in [1.165, 1.54) is 14.7 Å². The molecule has 0 radical (unpaired) electrons. The Labute approximate surface area is 666 Å². The first kappa shape index (κ1) is 105. The fraction of sp³-hybridized carbons (Fsp3) is 0.512. The summed E-state index contributed by atoms with van der Waals surface area (Å²) < 4.78 is 15.0. The zero-order valence-electron chi connectivity index (χ0n) is 68.7. The van der Waals surface area contributed by atoms with E-state index in [1.54, 1.807) is 42.3 Å². The van der Waals surface area contributed by atoms with Gasteiger partial charge in [0.15, 0.2) is 0 Å². The molecule has 0 aromatic heterocycles. The molecule has 0 saturated carbocycles. The zero-order chi connectivity index (χ0) is 82.7. The van der Waals surface area contributed by atoms with Crippen LogP contribution in [0.1, 0.15) is 220 Å². The second-order valence-corrected chi connectivity index (χ2v) is 25.4. The maximum atomic E-state index is 12.0. The number of rotatable bonds is 53. The van der Waals surface area contributed by atoms with Gasteiger partial charge in [0, 0.05) is 80.9 Å². The van der Waals surface area contributed by atoms with Crippen molar-refractivity contribution in [1.82, 2.24) is 36.0 Å². The summed E-state index contributed by atoms with van der Waals surface area (Å²) in [5.74, 6) is -0.473. The largest absolute Gasteiger partial charge is 0.449 e. The third-order valence-corrected chi connectivity index (χ3v) is 14.6. The number of nitrogens with zero attached hydrogens (tertiary/aromatic N) is 6. The lowest BCUT2D eigenvalue weighted by atomic mass is 10.1. The Morgan fingerprint density at radius 1 is 0.306 bits per heavy atom.